The second-order valence-corrected chi connectivity index (χ2v) is 3.09. The molecule has 0 saturated carbocycles. The van der Waals surface area contributed by atoms with E-state index in [0.717, 1.165) is 13.1 Å². The maximum atomic E-state index is 3.94. The number of hydrogen-bond donors (Lipinski definition) is 1. The third-order valence-electron chi connectivity index (χ3n) is 1.86. The Morgan fingerprint density at radius 3 is 2.38 bits per heavy atom. The predicted molar refractivity (Wildman–Crippen MR) is 35.8 cm³/mol. The maximum Gasteiger partial charge on any atom is 0.0168 e. The van der Waals surface area contributed by atoms with Crippen molar-refractivity contribution in [1.29, 1.82) is 0 Å². The van der Waals surface area contributed by atoms with Crippen molar-refractivity contribution in [3.8, 4) is 0 Å². The van der Waals surface area contributed by atoms with E-state index in [0.29, 0.717) is 5.41 Å². The van der Waals surface area contributed by atoms with Gasteiger partial charge in [0.15, 0.2) is 0 Å². The van der Waals surface area contributed by atoms with Gasteiger partial charge in [-0.1, -0.05) is 26.0 Å². The molecule has 0 amide bonds. The molecule has 0 aromatic carbocycles. The first-order valence-electron chi connectivity index (χ1n) is 3.02. The zero-order chi connectivity index (χ0) is 6.20. The SMILES string of the molecule is C=C1CNCC1(C)C. The summed E-state index contributed by atoms with van der Waals surface area (Å²) < 4.78 is 0. The van der Waals surface area contributed by atoms with Gasteiger partial charge in [0.05, 0.1) is 0 Å². The largest absolute Gasteiger partial charge is 0.312 e. The average molecular weight is 111 g/mol. The second-order valence-electron chi connectivity index (χ2n) is 3.09. The highest BCUT2D eigenvalue weighted by Gasteiger charge is 2.25. The first-order chi connectivity index (χ1) is 3.63. The molecule has 0 unspecified atom stereocenters. The van der Waals surface area contributed by atoms with E-state index in [4.69, 9.17) is 0 Å². The van der Waals surface area contributed by atoms with Gasteiger partial charge in [0.1, 0.15) is 0 Å². The molecule has 1 fully saturated rings. The van der Waals surface area contributed by atoms with Crippen LogP contribution in [0.15, 0.2) is 12.2 Å². The summed E-state index contributed by atoms with van der Waals surface area (Å²) in [6.45, 7) is 10.5. The van der Waals surface area contributed by atoms with Gasteiger partial charge in [-0.15, -0.1) is 0 Å². The van der Waals surface area contributed by atoms with Gasteiger partial charge in [0, 0.05) is 13.1 Å². The van der Waals surface area contributed by atoms with Gasteiger partial charge < -0.3 is 5.32 Å². The summed E-state index contributed by atoms with van der Waals surface area (Å²) in [5, 5.41) is 3.26. The molecule has 0 bridgehead atoms. The standard InChI is InChI=1S/C7H13N/c1-6-4-8-5-7(6,2)3/h8H,1,4-5H2,2-3H3. The molecule has 1 saturated heterocycles. The van der Waals surface area contributed by atoms with Crippen LogP contribution in [0.4, 0.5) is 0 Å². The monoisotopic (exact) mass is 111 g/mol. The summed E-state index contributed by atoms with van der Waals surface area (Å²) >= 11 is 0. The normalized spacial score (nSPS) is 26.5. The van der Waals surface area contributed by atoms with E-state index in [1.54, 1.807) is 0 Å². The third kappa shape index (κ3) is 0.781. The Labute approximate surface area is 50.8 Å². The van der Waals surface area contributed by atoms with Crippen molar-refractivity contribution >= 4 is 0 Å². The number of nitrogens with one attached hydrogen (secondary N) is 1. The van der Waals surface area contributed by atoms with Crippen molar-refractivity contribution in [3.63, 3.8) is 0 Å². The van der Waals surface area contributed by atoms with Crippen molar-refractivity contribution < 1.29 is 0 Å². The highest BCUT2D eigenvalue weighted by molar-refractivity contribution is 5.14. The second kappa shape index (κ2) is 1.59. The molecule has 1 heteroatoms. The zero-order valence-electron chi connectivity index (χ0n) is 5.62. The van der Waals surface area contributed by atoms with E-state index >= 15 is 0 Å². The minimum absolute atomic E-state index is 0.347. The lowest BCUT2D eigenvalue weighted by atomic mass is 9.89. The van der Waals surface area contributed by atoms with Crippen molar-refractivity contribution in [3.05, 3.63) is 12.2 Å². The Morgan fingerprint density at radius 2 is 2.25 bits per heavy atom. The molecule has 1 heterocycles. The minimum Gasteiger partial charge on any atom is -0.312 e. The smallest absolute Gasteiger partial charge is 0.0168 e. The highest BCUT2D eigenvalue weighted by atomic mass is 14.9. The van der Waals surface area contributed by atoms with E-state index in [1.165, 1.54) is 5.57 Å². The molecular formula is C7H13N. The molecule has 1 N–H and O–H groups in total. The molecule has 46 valence electrons. The number of hydrogen-bond acceptors (Lipinski definition) is 1. The van der Waals surface area contributed by atoms with Crippen LogP contribution in [-0.4, -0.2) is 13.1 Å². The lowest BCUT2D eigenvalue weighted by Crippen LogP contribution is -2.15. The van der Waals surface area contributed by atoms with Gasteiger partial charge >= 0.3 is 0 Å². The summed E-state index contributed by atoms with van der Waals surface area (Å²) in [7, 11) is 0. The molecule has 0 atom stereocenters. The fraction of sp³-hybridized carbons (Fsp3) is 0.714. The van der Waals surface area contributed by atoms with Gasteiger partial charge in [0.25, 0.3) is 0 Å². The van der Waals surface area contributed by atoms with Gasteiger partial charge in [-0.05, 0) is 5.41 Å². The Kier molecular flexibility index (Phi) is 1.16. The third-order valence-corrected chi connectivity index (χ3v) is 1.86. The molecular weight excluding hydrogens is 98.1 g/mol. The lowest BCUT2D eigenvalue weighted by molar-refractivity contribution is 0.491. The van der Waals surface area contributed by atoms with Crippen molar-refractivity contribution in [2.45, 2.75) is 13.8 Å². The van der Waals surface area contributed by atoms with Crippen LogP contribution in [-0.2, 0) is 0 Å². The van der Waals surface area contributed by atoms with E-state index in [1.807, 2.05) is 0 Å². The van der Waals surface area contributed by atoms with Crippen LogP contribution in [0, 0.1) is 5.41 Å². The Hall–Kier alpha value is -0.300. The van der Waals surface area contributed by atoms with Gasteiger partial charge in [-0.3, -0.25) is 0 Å². The fourth-order valence-electron chi connectivity index (χ4n) is 0.890. The van der Waals surface area contributed by atoms with Crippen LogP contribution >= 0.6 is 0 Å². The molecule has 0 aromatic heterocycles. The van der Waals surface area contributed by atoms with E-state index in [-0.39, 0.29) is 0 Å². The first kappa shape index (κ1) is 5.83. The highest BCUT2D eigenvalue weighted by Crippen LogP contribution is 2.26. The molecule has 1 rings (SSSR count). The topological polar surface area (TPSA) is 12.0 Å². The van der Waals surface area contributed by atoms with Gasteiger partial charge in [-0.2, -0.15) is 0 Å². The molecule has 0 spiro atoms. The van der Waals surface area contributed by atoms with Gasteiger partial charge in [-0.25, -0.2) is 0 Å². The van der Waals surface area contributed by atoms with Crippen LogP contribution in [0.3, 0.4) is 0 Å². The summed E-state index contributed by atoms with van der Waals surface area (Å²) in [4.78, 5) is 0. The van der Waals surface area contributed by atoms with E-state index in [2.05, 4.69) is 25.7 Å². The average Bonchev–Trinajstić information content (AvgIpc) is 1.86. The molecule has 8 heavy (non-hydrogen) atoms. The fourth-order valence-corrected chi connectivity index (χ4v) is 0.890. The van der Waals surface area contributed by atoms with E-state index < -0.39 is 0 Å². The lowest BCUT2D eigenvalue weighted by Gasteiger charge is -2.15. The zero-order valence-corrected chi connectivity index (χ0v) is 5.62. The molecule has 0 radical (unpaired) electrons. The summed E-state index contributed by atoms with van der Waals surface area (Å²) in [6, 6.07) is 0. The summed E-state index contributed by atoms with van der Waals surface area (Å²) in [6.07, 6.45) is 0. The van der Waals surface area contributed by atoms with Crippen LogP contribution in [0.5, 0.6) is 0 Å². The first-order valence-corrected chi connectivity index (χ1v) is 3.02. The molecule has 1 aliphatic heterocycles. The van der Waals surface area contributed by atoms with Crippen molar-refractivity contribution in [2.24, 2.45) is 5.41 Å². The van der Waals surface area contributed by atoms with Crippen LogP contribution in [0.25, 0.3) is 0 Å². The molecule has 0 aromatic rings. The van der Waals surface area contributed by atoms with Crippen molar-refractivity contribution in [1.82, 2.24) is 5.32 Å². The Bertz CT molecular complexity index is 114. The van der Waals surface area contributed by atoms with Crippen molar-refractivity contribution in [2.75, 3.05) is 13.1 Å². The van der Waals surface area contributed by atoms with Crippen LogP contribution in [0.2, 0.25) is 0 Å². The summed E-state index contributed by atoms with van der Waals surface area (Å²) in [5.41, 5.74) is 1.68. The summed E-state index contributed by atoms with van der Waals surface area (Å²) in [5.74, 6) is 0. The maximum absolute atomic E-state index is 3.94. The predicted octanol–water partition coefficient (Wildman–Crippen LogP) is 1.17. The van der Waals surface area contributed by atoms with Crippen LogP contribution < -0.4 is 5.32 Å². The molecule has 1 nitrogen and oxygen atoms in total. The Morgan fingerprint density at radius 1 is 1.62 bits per heavy atom. The Balaban J connectivity index is 2.68. The van der Waals surface area contributed by atoms with Crippen LogP contribution in [0.1, 0.15) is 13.8 Å². The molecule has 0 aliphatic carbocycles. The number of rotatable bonds is 0. The quantitative estimate of drug-likeness (QED) is 0.463. The molecule has 1 aliphatic rings. The van der Waals surface area contributed by atoms with E-state index in [9.17, 15) is 0 Å². The minimum atomic E-state index is 0.347. The van der Waals surface area contributed by atoms with Gasteiger partial charge in [0.2, 0.25) is 0 Å².